The highest BCUT2D eigenvalue weighted by molar-refractivity contribution is 9.10. The molecule has 0 amide bonds. The van der Waals surface area contributed by atoms with Crippen molar-refractivity contribution in [2.45, 2.75) is 25.7 Å². The molecule has 108 valence electrons. The van der Waals surface area contributed by atoms with Crippen LogP contribution in [0.25, 0.3) is 0 Å². The van der Waals surface area contributed by atoms with E-state index in [-0.39, 0.29) is 24.2 Å². The average Bonchev–Trinajstić information content (AvgIpc) is 2.34. The van der Waals surface area contributed by atoms with Crippen molar-refractivity contribution in [3.05, 3.63) is 33.3 Å². The average molecular weight is 390 g/mol. The fourth-order valence-electron chi connectivity index (χ4n) is 1.75. The first kappa shape index (κ1) is 19.0. The Morgan fingerprint density at radius 3 is 2.74 bits per heavy atom. The zero-order chi connectivity index (χ0) is 13.5. The van der Waals surface area contributed by atoms with Gasteiger partial charge in [0.1, 0.15) is 0 Å². The molecule has 0 aliphatic heterocycles. The monoisotopic (exact) mass is 387 g/mol. The van der Waals surface area contributed by atoms with Gasteiger partial charge in [0.05, 0.1) is 12.5 Å². The van der Waals surface area contributed by atoms with Gasteiger partial charge < -0.3 is 4.74 Å². The van der Waals surface area contributed by atoms with Gasteiger partial charge in [0.25, 0.3) is 0 Å². The molecule has 2 nitrogen and oxygen atoms in total. The third-order valence-corrected chi connectivity index (χ3v) is 3.68. The second-order valence-corrected chi connectivity index (χ2v) is 5.55. The SMILES string of the molecule is CCOC(=N)C(CCCCl)c1cc(Br)ccc1Cl.Cl. The predicted octanol–water partition coefficient (Wildman–Crippen LogP) is 5.64. The Kier molecular flexibility index (Phi) is 9.89. The maximum absolute atomic E-state index is 7.99. The number of ether oxygens (including phenoxy) is 1. The van der Waals surface area contributed by atoms with Gasteiger partial charge in [0.15, 0.2) is 5.90 Å². The Bertz CT molecular complexity index is 415. The first-order chi connectivity index (χ1) is 8.60. The minimum Gasteiger partial charge on any atom is -0.481 e. The molecule has 1 N–H and O–H groups in total. The van der Waals surface area contributed by atoms with Crippen LogP contribution in [0.2, 0.25) is 5.02 Å². The van der Waals surface area contributed by atoms with Crippen molar-refractivity contribution in [2.24, 2.45) is 0 Å². The van der Waals surface area contributed by atoms with Gasteiger partial charge in [-0.25, -0.2) is 0 Å². The third kappa shape index (κ3) is 5.90. The predicted molar refractivity (Wildman–Crippen MR) is 88.4 cm³/mol. The summed E-state index contributed by atoms with van der Waals surface area (Å²) in [5.41, 5.74) is 0.912. The van der Waals surface area contributed by atoms with Crippen LogP contribution in [0.5, 0.6) is 0 Å². The molecule has 0 aliphatic carbocycles. The van der Waals surface area contributed by atoms with E-state index < -0.39 is 0 Å². The van der Waals surface area contributed by atoms with Crippen LogP contribution in [0.15, 0.2) is 22.7 Å². The van der Waals surface area contributed by atoms with E-state index in [4.69, 9.17) is 33.3 Å². The summed E-state index contributed by atoms with van der Waals surface area (Å²) >= 11 is 15.4. The summed E-state index contributed by atoms with van der Waals surface area (Å²) in [5.74, 6) is 0.693. The third-order valence-electron chi connectivity index (χ3n) is 2.58. The Morgan fingerprint density at radius 1 is 1.47 bits per heavy atom. The van der Waals surface area contributed by atoms with Gasteiger partial charge in [-0.2, -0.15) is 0 Å². The van der Waals surface area contributed by atoms with Crippen molar-refractivity contribution >= 4 is 57.4 Å². The second-order valence-electron chi connectivity index (χ2n) is 3.85. The topological polar surface area (TPSA) is 33.1 Å². The molecule has 19 heavy (non-hydrogen) atoms. The lowest BCUT2D eigenvalue weighted by molar-refractivity contribution is 0.305. The molecule has 0 saturated heterocycles. The summed E-state index contributed by atoms with van der Waals surface area (Å²) in [7, 11) is 0. The van der Waals surface area contributed by atoms with Gasteiger partial charge in [-0.05, 0) is 43.5 Å². The van der Waals surface area contributed by atoms with Crippen LogP contribution in [0.4, 0.5) is 0 Å². The number of alkyl halides is 1. The van der Waals surface area contributed by atoms with Crippen LogP contribution >= 0.6 is 51.5 Å². The van der Waals surface area contributed by atoms with Crippen molar-refractivity contribution in [1.29, 1.82) is 5.41 Å². The highest BCUT2D eigenvalue weighted by Crippen LogP contribution is 2.32. The minimum absolute atomic E-state index is 0. The Hall–Kier alpha value is 0.0400. The van der Waals surface area contributed by atoms with Crippen LogP contribution in [0.3, 0.4) is 0 Å². The molecule has 0 aliphatic rings. The quantitative estimate of drug-likeness (QED) is 0.381. The maximum Gasteiger partial charge on any atom is 0.188 e. The molecule has 0 aromatic heterocycles. The zero-order valence-electron chi connectivity index (χ0n) is 10.6. The van der Waals surface area contributed by atoms with E-state index in [0.29, 0.717) is 17.5 Å². The van der Waals surface area contributed by atoms with E-state index in [1.807, 2.05) is 25.1 Å². The van der Waals surface area contributed by atoms with E-state index in [1.165, 1.54) is 0 Å². The number of halogens is 4. The van der Waals surface area contributed by atoms with Crippen LogP contribution in [0.1, 0.15) is 31.2 Å². The molecule has 0 heterocycles. The molecule has 1 unspecified atom stereocenters. The largest absolute Gasteiger partial charge is 0.481 e. The maximum atomic E-state index is 7.99. The van der Waals surface area contributed by atoms with E-state index in [0.717, 1.165) is 22.9 Å². The number of hydrogen-bond donors (Lipinski definition) is 1. The second kappa shape index (κ2) is 9.87. The molecule has 0 spiro atoms. The van der Waals surface area contributed by atoms with Gasteiger partial charge in [-0.3, -0.25) is 5.41 Å². The highest BCUT2D eigenvalue weighted by Gasteiger charge is 2.21. The zero-order valence-corrected chi connectivity index (χ0v) is 14.5. The fourth-order valence-corrected chi connectivity index (χ4v) is 2.53. The Morgan fingerprint density at radius 2 is 2.16 bits per heavy atom. The highest BCUT2D eigenvalue weighted by atomic mass is 79.9. The number of hydrogen-bond acceptors (Lipinski definition) is 2. The molecule has 6 heteroatoms. The molecule has 1 aromatic carbocycles. The van der Waals surface area contributed by atoms with Crippen LogP contribution in [0, 0.1) is 5.41 Å². The van der Waals surface area contributed by atoms with E-state index >= 15 is 0 Å². The van der Waals surface area contributed by atoms with Crippen molar-refractivity contribution in [3.8, 4) is 0 Å². The molecule has 0 saturated carbocycles. The van der Waals surface area contributed by atoms with Crippen molar-refractivity contribution < 1.29 is 4.74 Å². The molecule has 1 rings (SSSR count). The molecule has 1 aromatic rings. The lowest BCUT2D eigenvalue weighted by atomic mass is 9.94. The molecule has 0 bridgehead atoms. The summed E-state index contributed by atoms with van der Waals surface area (Å²) in [6.07, 6.45) is 1.59. The lowest BCUT2D eigenvalue weighted by Crippen LogP contribution is -2.16. The molecular formula is C13H17BrCl3NO. The standard InChI is InChI=1S/C13H16BrCl2NO.ClH/c1-2-18-13(17)10(4-3-7-15)11-8-9(14)5-6-12(11)16;/h5-6,8,10,17H,2-4,7H2,1H3;1H. The van der Waals surface area contributed by atoms with Gasteiger partial charge >= 0.3 is 0 Å². The summed E-state index contributed by atoms with van der Waals surface area (Å²) in [6.45, 7) is 2.36. The van der Waals surface area contributed by atoms with Crippen LogP contribution < -0.4 is 0 Å². The summed E-state index contributed by atoms with van der Waals surface area (Å²) in [6, 6.07) is 5.65. The summed E-state index contributed by atoms with van der Waals surface area (Å²) < 4.78 is 6.26. The number of benzene rings is 1. The normalized spacial score (nSPS) is 11.6. The number of nitrogens with one attached hydrogen (secondary N) is 1. The van der Waals surface area contributed by atoms with Crippen LogP contribution in [-0.4, -0.2) is 18.4 Å². The van der Waals surface area contributed by atoms with Crippen molar-refractivity contribution in [1.82, 2.24) is 0 Å². The molecule has 0 radical (unpaired) electrons. The smallest absolute Gasteiger partial charge is 0.188 e. The van der Waals surface area contributed by atoms with Gasteiger partial charge in [0, 0.05) is 15.4 Å². The first-order valence-electron chi connectivity index (χ1n) is 5.82. The lowest BCUT2D eigenvalue weighted by Gasteiger charge is -2.19. The Labute approximate surface area is 138 Å². The molecule has 0 fully saturated rings. The van der Waals surface area contributed by atoms with Crippen molar-refractivity contribution in [2.75, 3.05) is 12.5 Å². The number of rotatable bonds is 6. The van der Waals surface area contributed by atoms with E-state index in [1.54, 1.807) is 0 Å². The molecular weight excluding hydrogens is 372 g/mol. The van der Waals surface area contributed by atoms with E-state index in [9.17, 15) is 0 Å². The van der Waals surface area contributed by atoms with E-state index in [2.05, 4.69) is 15.9 Å². The minimum atomic E-state index is -0.131. The van der Waals surface area contributed by atoms with Crippen LogP contribution in [-0.2, 0) is 4.74 Å². The fraction of sp³-hybridized carbons (Fsp3) is 0.462. The Balaban J connectivity index is 0.00000324. The molecule has 1 atom stereocenters. The van der Waals surface area contributed by atoms with Gasteiger partial charge in [-0.15, -0.1) is 24.0 Å². The van der Waals surface area contributed by atoms with Gasteiger partial charge in [-0.1, -0.05) is 27.5 Å². The summed E-state index contributed by atoms with van der Waals surface area (Å²) in [5, 5.41) is 8.64. The summed E-state index contributed by atoms with van der Waals surface area (Å²) in [4.78, 5) is 0. The van der Waals surface area contributed by atoms with Gasteiger partial charge in [0.2, 0.25) is 0 Å². The van der Waals surface area contributed by atoms with Crippen molar-refractivity contribution in [3.63, 3.8) is 0 Å². The first-order valence-corrected chi connectivity index (χ1v) is 7.52.